The lowest BCUT2D eigenvalue weighted by Crippen LogP contribution is -2.38. The molecular weight excluding hydrogens is 462 g/mol. The zero-order chi connectivity index (χ0) is 23.8. The van der Waals surface area contributed by atoms with Crippen LogP contribution in [0.1, 0.15) is 12.5 Å². The van der Waals surface area contributed by atoms with Crippen molar-refractivity contribution in [3.8, 4) is 11.8 Å². The van der Waals surface area contributed by atoms with Gasteiger partial charge in [0.1, 0.15) is 12.3 Å². The van der Waals surface area contributed by atoms with Crippen molar-refractivity contribution >= 4 is 38.9 Å². The molecule has 3 rings (SSSR count). The van der Waals surface area contributed by atoms with E-state index in [1.54, 1.807) is 48.5 Å². The van der Waals surface area contributed by atoms with Gasteiger partial charge in [-0.25, -0.2) is 8.42 Å². The van der Waals surface area contributed by atoms with Crippen molar-refractivity contribution < 1.29 is 17.9 Å². The fraction of sp³-hybridized carbons (Fsp3) is 0.167. The van der Waals surface area contributed by atoms with Gasteiger partial charge in [-0.3, -0.25) is 9.10 Å². The summed E-state index contributed by atoms with van der Waals surface area (Å²) in [6.07, 6.45) is 0.263. The Morgan fingerprint density at radius 3 is 2.24 bits per heavy atom. The number of hydrogen-bond donors (Lipinski definition) is 1. The van der Waals surface area contributed by atoms with Crippen LogP contribution in [-0.4, -0.2) is 27.5 Å². The Kier molecular flexibility index (Phi) is 7.93. The fourth-order valence-electron chi connectivity index (χ4n) is 3.05. The second kappa shape index (κ2) is 10.9. The highest BCUT2D eigenvalue weighted by molar-refractivity contribution is 7.92. The number of carbonyl (C=O) groups is 1. The average Bonchev–Trinajstić information content (AvgIpc) is 2.80. The Hall–Kier alpha value is -3.54. The second-order valence-corrected chi connectivity index (χ2v) is 9.27. The third-order valence-electron chi connectivity index (χ3n) is 4.65. The van der Waals surface area contributed by atoms with Gasteiger partial charge in [0.2, 0.25) is 5.91 Å². The number of carbonyl (C=O) groups excluding carboxylic acids is 1. The molecule has 0 aliphatic carbocycles. The van der Waals surface area contributed by atoms with Crippen molar-refractivity contribution in [2.24, 2.45) is 0 Å². The van der Waals surface area contributed by atoms with Crippen molar-refractivity contribution in [2.75, 3.05) is 22.8 Å². The zero-order valence-corrected chi connectivity index (χ0v) is 19.4. The van der Waals surface area contributed by atoms with E-state index in [-0.39, 0.29) is 11.3 Å². The maximum atomic E-state index is 13.4. The smallest absolute Gasteiger partial charge is 0.264 e. The van der Waals surface area contributed by atoms with Crippen molar-refractivity contribution in [2.45, 2.75) is 18.2 Å². The summed E-state index contributed by atoms with van der Waals surface area (Å²) < 4.78 is 33.3. The van der Waals surface area contributed by atoms with E-state index in [1.165, 1.54) is 24.3 Å². The standard InChI is InChI=1S/C24H22ClN3O4S/c1-2-32-22-11-9-21(10-12-22)28(33(30,31)23-13-5-19(25)6-14-23)17-24(29)27-20-7-3-18(4-8-20)15-16-26/h3-14H,2,15,17H2,1H3,(H,27,29). The van der Waals surface area contributed by atoms with Crippen LogP contribution in [0, 0.1) is 11.3 Å². The summed E-state index contributed by atoms with van der Waals surface area (Å²) >= 11 is 5.91. The molecule has 33 heavy (non-hydrogen) atoms. The topological polar surface area (TPSA) is 99.5 Å². The van der Waals surface area contributed by atoms with E-state index in [1.807, 2.05) is 6.92 Å². The number of halogens is 1. The number of hydrogen-bond acceptors (Lipinski definition) is 5. The molecule has 170 valence electrons. The first kappa shape index (κ1) is 24.1. The lowest BCUT2D eigenvalue weighted by atomic mass is 10.1. The van der Waals surface area contributed by atoms with Gasteiger partial charge in [0, 0.05) is 10.7 Å². The third kappa shape index (κ3) is 6.25. The Morgan fingerprint density at radius 2 is 1.67 bits per heavy atom. The molecule has 1 amide bonds. The summed E-state index contributed by atoms with van der Waals surface area (Å²) in [6.45, 7) is 1.88. The number of benzene rings is 3. The summed E-state index contributed by atoms with van der Waals surface area (Å²) in [5.41, 5.74) is 1.63. The van der Waals surface area contributed by atoms with Gasteiger partial charge in [0.25, 0.3) is 10.0 Å². The lowest BCUT2D eigenvalue weighted by Gasteiger charge is -2.24. The number of ether oxygens (including phenoxy) is 1. The van der Waals surface area contributed by atoms with E-state index in [0.29, 0.717) is 28.8 Å². The normalized spacial score (nSPS) is 10.8. The highest BCUT2D eigenvalue weighted by Gasteiger charge is 2.27. The molecule has 0 radical (unpaired) electrons. The van der Waals surface area contributed by atoms with E-state index in [4.69, 9.17) is 21.6 Å². The van der Waals surface area contributed by atoms with Gasteiger partial charge in [-0.15, -0.1) is 0 Å². The maximum absolute atomic E-state index is 13.4. The van der Waals surface area contributed by atoms with Crippen LogP contribution in [0.2, 0.25) is 5.02 Å². The van der Waals surface area contributed by atoms with Crippen LogP contribution in [0.15, 0.2) is 77.7 Å². The molecule has 0 heterocycles. The fourth-order valence-corrected chi connectivity index (χ4v) is 4.60. The van der Waals surface area contributed by atoms with E-state index >= 15 is 0 Å². The monoisotopic (exact) mass is 483 g/mol. The van der Waals surface area contributed by atoms with Crippen LogP contribution in [0.4, 0.5) is 11.4 Å². The first-order valence-electron chi connectivity index (χ1n) is 10.1. The van der Waals surface area contributed by atoms with Crippen LogP contribution in [0.3, 0.4) is 0 Å². The number of nitrogens with one attached hydrogen (secondary N) is 1. The molecule has 0 aliphatic heterocycles. The van der Waals surface area contributed by atoms with Gasteiger partial charge < -0.3 is 10.1 Å². The van der Waals surface area contributed by atoms with Crippen molar-refractivity contribution in [1.82, 2.24) is 0 Å². The summed E-state index contributed by atoms with van der Waals surface area (Å²) in [6, 6.07) is 21.1. The van der Waals surface area contributed by atoms with Crippen LogP contribution < -0.4 is 14.4 Å². The molecule has 9 heteroatoms. The SMILES string of the molecule is CCOc1ccc(N(CC(=O)Nc2ccc(CC#N)cc2)S(=O)(=O)c2ccc(Cl)cc2)cc1. The van der Waals surface area contributed by atoms with Gasteiger partial charge >= 0.3 is 0 Å². The molecule has 0 saturated heterocycles. The molecule has 3 aromatic rings. The first-order valence-corrected chi connectivity index (χ1v) is 11.9. The van der Waals surface area contributed by atoms with Gasteiger partial charge in [0.05, 0.1) is 29.7 Å². The molecule has 0 bridgehead atoms. The minimum absolute atomic E-state index is 0.00874. The molecule has 0 spiro atoms. The lowest BCUT2D eigenvalue weighted by molar-refractivity contribution is -0.114. The molecule has 0 saturated carbocycles. The molecule has 0 unspecified atom stereocenters. The molecule has 0 aromatic heterocycles. The summed E-state index contributed by atoms with van der Waals surface area (Å²) in [4.78, 5) is 12.8. The quantitative estimate of drug-likeness (QED) is 0.478. The van der Waals surface area contributed by atoms with E-state index in [2.05, 4.69) is 11.4 Å². The maximum Gasteiger partial charge on any atom is 0.264 e. The van der Waals surface area contributed by atoms with Crippen LogP contribution in [-0.2, 0) is 21.2 Å². The average molecular weight is 484 g/mol. The largest absolute Gasteiger partial charge is 0.494 e. The Labute approximate surface area is 198 Å². The van der Waals surface area contributed by atoms with Gasteiger partial charge in [0.15, 0.2) is 0 Å². The molecule has 0 aliphatic rings. The number of anilines is 2. The second-order valence-electron chi connectivity index (χ2n) is 6.97. The van der Waals surface area contributed by atoms with Crippen molar-refractivity contribution in [1.29, 1.82) is 5.26 Å². The third-order valence-corrected chi connectivity index (χ3v) is 6.69. The predicted molar refractivity (Wildman–Crippen MR) is 128 cm³/mol. The summed E-state index contributed by atoms with van der Waals surface area (Å²) in [5.74, 6) is 0.0708. The van der Waals surface area contributed by atoms with Gasteiger partial charge in [-0.05, 0) is 73.2 Å². The molecular formula is C24H22ClN3O4S. The van der Waals surface area contributed by atoms with Crippen molar-refractivity contribution in [3.05, 3.63) is 83.4 Å². The molecule has 0 atom stereocenters. The van der Waals surface area contributed by atoms with Crippen LogP contribution >= 0.6 is 11.6 Å². The van der Waals surface area contributed by atoms with E-state index in [0.717, 1.165) is 9.87 Å². The minimum atomic E-state index is -4.06. The summed E-state index contributed by atoms with van der Waals surface area (Å²) in [5, 5.41) is 11.9. The molecule has 1 N–H and O–H groups in total. The molecule has 3 aromatic carbocycles. The Balaban J connectivity index is 1.88. The van der Waals surface area contributed by atoms with E-state index < -0.39 is 22.5 Å². The molecule has 7 nitrogen and oxygen atoms in total. The number of amides is 1. The zero-order valence-electron chi connectivity index (χ0n) is 17.9. The number of nitrogens with zero attached hydrogens (tertiary/aromatic N) is 2. The van der Waals surface area contributed by atoms with Gasteiger partial charge in [-0.1, -0.05) is 23.7 Å². The number of sulfonamides is 1. The van der Waals surface area contributed by atoms with Crippen LogP contribution in [0.25, 0.3) is 0 Å². The van der Waals surface area contributed by atoms with Gasteiger partial charge in [-0.2, -0.15) is 5.26 Å². The summed E-state index contributed by atoms with van der Waals surface area (Å²) in [7, 11) is -4.06. The Morgan fingerprint density at radius 1 is 1.03 bits per heavy atom. The molecule has 0 fully saturated rings. The highest BCUT2D eigenvalue weighted by atomic mass is 35.5. The number of nitriles is 1. The number of rotatable bonds is 9. The van der Waals surface area contributed by atoms with Crippen molar-refractivity contribution in [3.63, 3.8) is 0 Å². The van der Waals surface area contributed by atoms with Crippen LogP contribution in [0.5, 0.6) is 5.75 Å². The minimum Gasteiger partial charge on any atom is -0.494 e. The predicted octanol–water partition coefficient (Wildman–Crippen LogP) is 4.64. The van der Waals surface area contributed by atoms with E-state index in [9.17, 15) is 13.2 Å². The first-order chi connectivity index (χ1) is 15.8. The highest BCUT2D eigenvalue weighted by Crippen LogP contribution is 2.27. The Bertz CT molecular complexity index is 1240.